The fourth-order valence-corrected chi connectivity index (χ4v) is 3.93. The van der Waals surface area contributed by atoms with Crippen LogP contribution in [0.3, 0.4) is 0 Å². The lowest BCUT2D eigenvalue weighted by Gasteiger charge is -2.17. The summed E-state index contributed by atoms with van der Waals surface area (Å²) in [5, 5.41) is 2.94. The monoisotopic (exact) mass is 383 g/mol. The third-order valence-electron chi connectivity index (χ3n) is 4.73. The molecule has 7 heteroatoms. The van der Waals surface area contributed by atoms with E-state index < -0.39 is 0 Å². The van der Waals surface area contributed by atoms with Crippen LogP contribution >= 0.6 is 11.3 Å². The summed E-state index contributed by atoms with van der Waals surface area (Å²) in [5.41, 5.74) is 4.08. The fraction of sp³-hybridized carbons (Fsp3) is 0.250. The van der Waals surface area contributed by atoms with Gasteiger partial charge in [-0.3, -0.25) is 9.59 Å². The summed E-state index contributed by atoms with van der Waals surface area (Å²) in [7, 11) is 0. The Morgan fingerprint density at radius 3 is 2.89 bits per heavy atom. The van der Waals surface area contributed by atoms with Crippen molar-refractivity contribution in [1.29, 1.82) is 0 Å². The number of halogens is 1. The summed E-state index contributed by atoms with van der Waals surface area (Å²) < 4.78 is 14.0. The number of nitrogens with zero attached hydrogens (tertiary/aromatic N) is 2. The zero-order valence-electron chi connectivity index (χ0n) is 14.5. The van der Waals surface area contributed by atoms with Crippen LogP contribution < -0.4 is 5.32 Å². The molecule has 2 amide bonds. The number of aromatic nitrogens is 1. The molecule has 1 aliphatic rings. The van der Waals surface area contributed by atoms with Crippen molar-refractivity contribution in [2.75, 3.05) is 13.1 Å². The molecule has 5 nitrogen and oxygen atoms in total. The molecule has 0 saturated carbocycles. The molecule has 1 N–H and O–H groups in total. The lowest BCUT2D eigenvalue weighted by Crippen LogP contribution is -2.37. The summed E-state index contributed by atoms with van der Waals surface area (Å²) in [5.74, 6) is -0.435. The van der Waals surface area contributed by atoms with Gasteiger partial charge in [0.05, 0.1) is 21.8 Å². The fourth-order valence-electron chi connectivity index (χ4n) is 3.27. The average Bonchev–Trinajstić information content (AvgIpc) is 3.26. The smallest absolute Gasteiger partial charge is 0.251 e. The third kappa shape index (κ3) is 3.98. The van der Waals surface area contributed by atoms with Crippen LogP contribution in [-0.4, -0.2) is 40.8 Å². The van der Waals surface area contributed by atoms with E-state index in [1.165, 1.54) is 23.5 Å². The van der Waals surface area contributed by atoms with Crippen molar-refractivity contribution in [3.8, 4) is 0 Å². The van der Waals surface area contributed by atoms with Crippen molar-refractivity contribution in [2.24, 2.45) is 0 Å². The summed E-state index contributed by atoms with van der Waals surface area (Å²) in [6.45, 7) is 1.05. The van der Waals surface area contributed by atoms with Crippen molar-refractivity contribution in [3.63, 3.8) is 0 Å². The minimum Gasteiger partial charge on any atom is -0.347 e. The van der Waals surface area contributed by atoms with Gasteiger partial charge in [-0.15, -0.1) is 11.3 Å². The number of rotatable bonds is 5. The Morgan fingerprint density at radius 2 is 2.07 bits per heavy atom. The number of likely N-dealkylation sites (tertiary alicyclic amines) is 1. The van der Waals surface area contributed by atoms with Gasteiger partial charge in [-0.1, -0.05) is 12.1 Å². The summed E-state index contributed by atoms with van der Waals surface area (Å²) in [4.78, 5) is 30.7. The highest BCUT2D eigenvalue weighted by Crippen LogP contribution is 2.19. The molecular formula is C20H18FN3O2S. The van der Waals surface area contributed by atoms with Gasteiger partial charge in [-0.05, 0) is 42.3 Å². The number of thiazole rings is 1. The number of carbonyl (C=O) groups excluding carboxylic acids is 2. The molecule has 0 bridgehead atoms. The highest BCUT2D eigenvalue weighted by molar-refractivity contribution is 7.16. The van der Waals surface area contributed by atoms with Crippen LogP contribution in [0, 0.1) is 5.82 Å². The molecule has 2 aromatic carbocycles. The normalized spacial score (nSPS) is 16.9. The maximum absolute atomic E-state index is 13.0. The number of benzene rings is 2. The van der Waals surface area contributed by atoms with E-state index in [9.17, 15) is 14.0 Å². The number of hydrogen-bond acceptors (Lipinski definition) is 4. The van der Waals surface area contributed by atoms with Gasteiger partial charge in [-0.25, -0.2) is 9.37 Å². The molecule has 1 aromatic heterocycles. The molecule has 3 aromatic rings. The largest absolute Gasteiger partial charge is 0.347 e. The first-order valence-electron chi connectivity index (χ1n) is 8.75. The molecule has 138 valence electrons. The van der Waals surface area contributed by atoms with E-state index in [-0.39, 0.29) is 23.7 Å². The van der Waals surface area contributed by atoms with Crippen molar-refractivity contribution < 1.29 is 14.0 Å². The Bertz CT molecular complexity index is 986. The van der Waals surface area contributed by atoms with Crippen molar-refractivity contribution in [1.82, 2.24) is 15.2 Å². The molecule has 1 atom stereocenters. The number of hydrogen-bond donors (Lipinski definition) is 1. The Kier molecular flexibility index (Phi) is 4.85. The van der Waals surface area contributed by atoms with Gasteiger partial charge in [-0.2, -0.15) is 0 Å². The predicted octanol–water partition coefficient (Wildman–Crippen LogP) is 3.01. The van der Waals surface area contributed by atoms with E-state index in [0.717, 1.165) is 15.8 Å². The number of amides is 2. The second-order valence-electron chi connectivity index (χ2n) is 6.63. The number of nitrogens with one attached hydrogen (secondary N) is 1. The molecule has 1 aliphatic heterocycles. The Labute approximate surface area is 159 Å². The Morgan fingerprint density at radius 1 is 1.26 bits per heavy atom. The van der Waals surface area contributed by atoms with Crippen molar-refractivity contribution in [3.05, 3.63) is 64.9 Å². The van der Waals surface area contributed by atoms with Crippen LogP contribution in [0.5, 0.6) is 0 Å². The molecule has 0 unspecified atom stereocenters. The standard InChI is InChI=1S/C20H18FN3O2S/c21-15-4-1-13(2-5-15)7-8-24-11-16(10-19(24)25)23-20(26)14-3-6-18-17(9-14)22-12-27-18/h1-6,9,12,16H,7-8,10-11H2,(H,23,26)/t16-/m0/s1. The first kappa shape index (κ1) is 17.6. The van der Waals surface area contributed by atoms with Gasteiger partial charge in [0, 0.05) is 25.1 Å². The minimum atomic E-state index is -0.269. The van der Waals surface area contributed by atoms with Crippen LogP contribution in [0.2, 0.25) is 0 Å². The van der Waals surface area contributed by atoms with Gasteiger partial charge >= 0.3 is 0 Å². The third-order valence-corrected chi connectivity index (χ3v) is 5.54. The SMILES string of the molecule is O=C(N[C@H]1CC(=O)N(CCc2ccc(F)cc2)C1)c1ccc2scnc2c1. The molecule has 0 radical (unpaired) electrons. The number of carbonyl (C=O) groups is 2. The number of fused-ring (bicyclic) bond motifs is 1. The van der Waals surface area contributed by atoms with E-state index in [1.807, 2.05) is 6.07 Å². The van der Waals surface area contributed by atoms with Crippen LogP contribution in [0.1, 0.15) is 22.3 Å². The molecule has 4 rings (SSSR count). The maximum Gasteiger partial charge on any atom is 0.251 e. The molecule has 0 aliphatic carbocycles. The van der Waals surface area contributed by atoms with Crippen LogP contribution in [0.25, 0.3) is 10.2 Å². The second kappa shape index (κ2) is 7.44. The van der Waals surface area contributed by atoms with E-state index in [4.69, 9.17) is 0 Å². The lowest BCUT2D eigenvalue weighted by atomic mass is 10.1. The van der Waals surface area contributed by atoms with Crippen LogP contribution in [-0.2, 0) is 11.2 Å². The van der Waals surface area contributed by atoms with Gasteiger partial charge in [0.2, 0.25) is 5.91 Å². The quantitative estimate of drug-likeness (QED) is 0.737. The molecule has 0 spiro atoms. The molecule has 2 heterocycles. The van der Waals surface area contributed by atoms with Crippen molar-refractivity contribution >= 4 is 33.4 Å². The summed E-state index contributed by atoms with van der Waals surface area (Å²) in [6.07, 6.45) is 0.960. The zero-order valence-corrected chi connectivity index (χ0v) is 15.3. The first-order chi connectivity index (χ1) is 13.1. The van der Waals surface area contributed by atoms with E-state index >= 15 is 0 Å². The molecule has 1 fully saturated rings. The molecule has 1 saturated heterocycles. The van der Waals surface area contributed by atoms with Gasteiger partial charge < -0.3 is 10.2 Å². The molecular weight excluding hydrogens is 365 g/mol. The van der Waals surface area contributed by atoms with Gasteiger partial charge in [0.1, 0.15) is 5.82 Å². The van der Waals surface area contributed by atoms with Crippen molar-refractivity contribution in [2.45, 2.75) is 18.9 Å². The summed E-state index contributed by atoms with van der Waals surface area (Å²) >= 11 is 1.53. The average molecular weight is 383 g/mol. The highest BCUT2D eigenvalue weighted by Gasteiger charge is 2.30. The Hall–Kier alpha value is -2.80. The second-order valence-corrected chi connectivity index (χ2v) is 7.51. The van der Waals surface area contributed by atoms with E-state index in [0.29, 0.717) is 31.5 Å². The highest BCUT2D eigenvalue weighted by atomic mass is 32.1. The van der Waals surface area contributed by atoms with Crippen LogP contribution in [0.4, 0.5) is 4.39 Å². The van der Waals surface area contributed by atoms with Gasteiger partial charge in [0.15, 0.2) is 0 Å². The first-order valence-corrected chi connectivity index (χ1v) is 9.63. The van der Waals surface area contributed by atoms with E-state index in [2.05, 4.69) is 10.3 Å². The predicted molar refractivity (Wildman–Crippen MR) is 102 cm³/mol. The zero-order chi connectivity index (χ0) is 18.8. The maximum atomic E-state index is 13.0. The topological polar surface area (TPSA) is 62.3 Å². The molecule has 27 heavy (non-hydrogen) atoms. The van der Waals surface area contributed by atoms with E-state index in [1.54, 1.807) is 34.7 Å². The lowest BCUT2D eigenvalue weighted by molar-refractivity contribution is -0.127. The Balaban J connectivity index is 1.34. The minimum absolute atomic E-state index is 0.0253. The van der Waals surface area contributed by atoms with Gasteiger partial charge in [0.25, 0.3) is 5.91 Å². The summed E-state index contributed by atoms with van der Waals surface area (Å²) in [6, 6.07) is 11.5. The van der Waals surface area contributed by atoms with Crippen LogP contribution in [0.15, 0.2) is 48.0 Å².